The highest BCUT2D eigenvalue weighted by atomic mass is 35.5. The van der Waals surface area contributed by atoms with Gasteiger partial charge in [0, 0.05) is 12.7 Å². The summed E-state index contributed by atoms with van der Waals surface area (Å²) >= 11 is 12.1. The molecule has 0 aliphatic heterocycles. The van der Waals surface area contributed by atoms with Gasteiger partial charge in [-0.05, 0) is 26.8 Å². The van der Waals surface area contributed by atoms with E-state index in [0.717, 1.165) is 0 Å². The quantitative estimate of drug-likeness (QED) is 0.882. The molecule has 5 nitrogen and oxygen atoms in total. The molecule has 7 heteroatoms. The van der Waals surface area contributed by atoms with E-state index in [2.05, 4.69) is 9.97 Å². The van der Waals surface area contributed by atoms with Gasteiger partial charge in [0.05, 0.1) is 15.8 Å². The van der Waals surface area contributed by atoms with E-state index in [1.165, 1.54) is 0 Å². The maximum atomic E-state index is 11.5. The highest BCUT2D eigenvalue weighted by Gasteiger charge is 2.29. The molecule has 0 bridgehead atoms. The number of nitrogens with two attached hydrogens (primary N) is 1. The van der Waals surface area contributed by atoms with Crippen LogP contribution in [0.5, 0.6) is 0 Å². The minimum atomic E-state index is -0.727. The number of carbonyl (C=O) groups excluding carboxylic acids is 1. The summed E-state index contributed by atoms with van der Waals surface area (Å²) in [6.07, 6.45) is 1.54. The third kappa shape index (κ3) is 2.74. The minimum Gasteiger partial charge on any atom is -0.369 e. The molecule has 0 aliphatic carbocycles. The summed E-state index contributed by atoms with van der Waals surface area (Å²) in [6.45, 7) is 5.73. The molecule has 1 unspecified atom stereocenters. The first kappa shape index (κ1) is 15.1. The summed E-state index contributed by atoms with van der Waals surface area (Å²) < 4.78 is 1.83. The van der Waals surface area contributed by atoms with Crippen molar-refractivity contribution in [1.82, 2.24) is 14.5 Å². The topological polar surface area (TPSA) is 73.8 Å². The van der Waals surface area contributed by atoms with Crippen LogP contribution in [0.2, 0.25) is 5.02 Å². The van der Waals surface area contributed by atoms with Gasteiger partial charge in [0.2, 0.25) is 5.91 Å². The molecule has 2 N–H and O–H groups in total. The van der Waals surface area contributed by atoms with Crippen LogP contribution in [-0.4, -0.2) is 20.4 Å². The number of imidazole rings is 1. The Hall–Kier alpha value is -1.33. The van der Waals surface area contributed by atoms with Gasteiger partial charge in [-0.25, -0.2) is 9.97 Å². The molecule has 0 spiro atoms. The normalized spacial score (nSPS) is 13.7. The van der Waals surface area contributed by atoms with Crippen LogP contribution in [-0.2, 0) is 11.3 Å². The third-order valence-corrected chi connectivity index (χ3v) is 3.56. The number of pyridine rings is 1. The lowest BCUT2D eigenvalue weighted by Gasteiger charge is -2.22. The van der Waals surface area contributed by atoms with Crippen molar-refractivity contribution < 1.29 is 4.79 Å². The molecule has 0 saturated carbocycles. The Morgan fingerprint density at radius 1 is 1.55 bits per heavy atom. The van der Waals surface area contributed by atoms with Crippen LogP contribution >= 0.6 is 23.2 Å². The molecule has 0 saturated heterocycles. The molecule has 2 aromatic heterocycles. The van der Waals surface area contributed by atoms with E-state index in [1.807, 2.05) is 11.5 Å². The third-order valence-electron chi connectivity index (χ3n) is 3.16. The SMILES string of the molecule is CC(Cl)c1nc2cc(Cl)cnc2n1CC(C)(C)C(N)=O. The van der Waals surface area contributed by atoms with Gasteiger partial charge in [-0.2, -0.15) is 0 Å². The highest BCUT2D eigenvalue weighted by molar-refractivity contribution is 6.31. The number of nitrogens with zero attached hydrogens (tertiary/aromatic N) is 3. The summed E-state index contributed by atoms with van der Waals surface area (Å²) in [6, 6.07) is 1.72. The number of aromatic nitrogens is 3. The standard InChI is InChI=1S/C13H16Cl2N4O/c1-7(14)10-18-9-4-8(15)5-17-11(9)19(10)6-13(2,3)12(16)20/h4-5,7H,6H2,1-3H3,(H2,16,20). The Bertz CT molecular complexity index is 664. The van der Waals surface area contributed by atoms with Crippen molar-refractivity contribution >= 4 is 40.3 Å². The molecular weight excluding hydrogens is 299 g/mol. The van der Waals surface area contributed by atoms with Crippen LogP contribution in [0.25, 0.3) is 11.2 Å². The number of amides is 1. The zero-order valence-electron chi connectivity index (χ0n) is 11.5. The van der Waals surface area contributed by atoms with Crippen molar-refractivity contribution in [2.24, 2.45) is 11.1 Å². The average molecular weight is 315 g/mol. The molecule has 2 heterocycles. The molecule has 108 valence electrons. The lowest BCUT2D eigenvalue weighted by molar-refractivity contribution is -0.126. The van der Waals surface area contributed by atoms with Crippen molar-refractivity contribution in [1.29, 1.82) is 0 Å². The fourth-order valence-electron chi connectivity index (χ4n) is 1.94. The Balaban J connectivity index is 2.60. The Kier molecular flexibility index (Phi) is 3.93. The number of hydrogen-bond acceptors (Lipinski definition) is 3. The lowest BCUT2D eigenvalue weighted by atomic mass is 9.92. The van der Waals surface area contributed by atoms with Gasteiger partial charge in [-0.15, -0.1) is 11.6 Å². The second kappa shape index (κ2) is 5.22. The molecule has 2 aromatic rings. The molecule has 20 heavy (non-hydrogen) atoms. The van der Waals surface area contributed by atoms with Crippen LogP contribution in [0, 0.1) is 5.41 Å². The van der Waals surface area contributed by atoms with Crippen LogP contribution in [0.3, 0.4) is 0 Å². The molecule has 0 aliphatic rings. The van der Waals surface area contributed by atoms with Crippen LogP contribution < -0.4 is 5.73 Å². The number of primary amides is 1. The molecule has 0 aromatic carbocycles. The largest absolute Gasteiger partial charge is 0.369 e. The van der Waals surface area contributed by atoms with E-state index in [4.69, 9.17) is 28.9 Å². The number of hydrogen-bond donors (Lipinski definition) is 1. The zero-order valence-corrected chi connectivity index (χ0v) is 13.0. The number of carbonyl (C=O) groups is 1. The molecule has 0 radical (unpaired) electrons. The number of halogens is 2. The second-order valence-electron chi connectivity index (χ2n) is 5.42. The average Bonchev–Trinajstić information content (AvgIpc) is 2.66. The van der Waals surface area contributed by atoms with Crippen LogP contribution in [0.15, 0.2) is 12.3 Å². The molecule has 0 fully saturated rings. The molecule has 1 amide bonds. The van der Waals surface area contributed by atoms with Crippen LogP contribution in [0.4, 0.5) is 0 Å². The van der Waals surface area contributed by atoms with Gasteiger partial charge < -0.3 is 10.3 Å². The first-order valence-corrected chi connectivity index (χ1v) is 6.99. The van der Waals surface area contributed by atoms with Crippen LogP contribution in [0.1, 0.15) is 32.0 Å². The van der Waals surface area contributed by atoms with Gasteiger partial charge in [0.15, 0.2) is 5.65 Å². The zero-order chi connectivity index (χ0) is 15.1. The number of fused-ring (bicyclic) bond motifs is 1. The van der Waals surface area contributed by atoms with E-state index in [9.17, 15) is 4.79 Å². The van der Waals surface area contributed by atoms with E-state index < -0.39 is 5.41 Å². The van der Waals surface area contributed by atoms with Crippen molar-refractivity contribution in [2.45, 2.75) is 32.7 Å². The molecule has 2 rings (SSSR count). The fraction of sp³-hybridized carbons (Fsp3) is 0.462. The highest BCUT2D eigenvalue weighted by Crippen LogP contribution is 2.28. The van der Waals surface area contributed by atoms with Crippen molar-refractivity contribution in [3.8, 4) is 0 Å². The maximum Gasteiger partial charge on any atom is 0.224 e. The van der Waals surface area contributed by atoms with Gasteiger partial charge in [0.25, 0.3) is 0 Å². The first-order valence-electron chi connectivity index (χ1n) is 6.18. The maximum absolute atomic E-state index is 11.5. The summed E-state index contributed by atoms with van der Waals surface area (Å²) in [4.78, 5) is 20.3. The summed E-state index contributed by atoms with van der Waals surface area (Å²) in [5.41, 5.74) is 6.00. The summed E-state index contributed by atoms with van der Waals surface area (Å²) in [5.74, 6) is 0.257. The predicted molar refractivity (Wildman–Crippen MR) is 79.8 cm³/mol. The fourth-order valence-corrected chi connectivity index (χ4v) is 2.26. The lowest BCUT2D eigenvalue weighted by Crippen LogP contribution is -2.35. The van der Waals surface area contributed by atoms with Gasteiger partial charge in [-0.1, -0.05) is 11.6 Å². The Morgan fingerprint density at radius 3 is 2.75 bits per heavy atom. The number of rotatable bonds is 4. The summed E-state index contributed by atoms with van der Waals surface area (Å²) in [7, 11) is 0. The van der Waals surface area contributed by atoms with Crippen molar-refractivity contribution in [3.63, 3.8) is 0 Å². The van der Waals surface area contributed by atoms with Gasteiger partial charge in [0.1, 0.15) is 11.3 Å². The Labute approximate surface area is 127 Å². The van der Waals surface area contributed by atoms with E-state index in [0.29, 0.717) is 28.6 Å². The molecule has 1 atom stereocenters. The van der Waals surface area contributed by atoms with E-state index >= 15 is 0 Å². The summed E-state index contributed by atoms with van der Waals surface area (Å²) in [5, 5.41) is 0.191. The molecular formula is C13H16Cl2N4O. The van der Waals surface area contributed by atoms with Crippen molar-refractivity contribution in [2.75, 3.05) is 0 Å². The minimum absolute atomic E-state index is 0.313. The van der Waals surface area contributed by atoms with Gasteiger partial charge in [-0.3, -0.25) is 4.79 Å². The van der Waals surface area contributed by atoms with E-state index in [1.54, 1.807) is 26.1 Å². The Morgan fingerprint density at radius 2 is 2.20 bits per heavy atom. The first-order chi connectivity index (χ1) is 9.22. The van der Waals surface area contributed by atoms with E-state index in [-0.39, 0.29) is 11.3 Å². The number of alkyl halides is 1. The monoisotopic (exact) mass is 314 g/mol. The van der Waals surface area contributed by atoms with Crippen molar-refractivity contribution in [3.05, 3.63) is 23.1 Å². The smallest absolute Gasteiger partial charge is 0.224 e. The van der Waals surface area contributed by atoms with Gasteiger partial charge >= 0.3 is 0 Å². The second-order valence-corrected chi connectivity index (χ2v) is 6.51. The predicted octanol–water partition coefficient (Wildman–Crippen LogP) is 2.90.